The van der Waals surface area contributed by atoms with E-state index in [0.29, 0.717) is 16.8 Å². The highest BCUT2D eigenvalue weighted by atomic mass is 32.2. The van der Waals surface area contributed by atoms with Crippen molar-refractivity contribution in [3.63, 3.8) is 0 Å². The van der Waals surface area contributed by atoms with Gasteiger partial charge in [-0.05, 0) is 48.9 Å². The summed E-state index contributed by atoms with van der Waals surface area (Å²) in [6, 6.07) is 12.9. The van der Waals surface area contributed by atoms with Gasteiger partial charge in [0.1, 0.15) is 12.6 Å². The van der Waals surface area contributed by atoms with Crippen LogP contribution in [0, 0.1) is 11.3 Å². The Morgan fingerprint density at radius 3 is 2.25 bits per heavy atom. The number of nitrogens with zero attached hydrogens (tertiary/aromatic N) is 1. The topological polar surface area (TPSA) is 125 Å². The summed E-state index contributed by atoms with van der Waals surface area (Å²) >= 11 is 0. The molecule has 1 unspecified atom stereocenters. The van der Waals surface area contributed by atoms with Crippen molar-refractivity contribution in [1.29, 1.82) is 5.26 Å². The lowest BCUT2D eigenvalue weighted by Gasteiger charge is -2.14. The summed E-state index contributed by atoms with van der Waals surface area (Å²) in [5.41, 5.74) is 1.62. The lowest BCUT2D eigenvalue weighted by Crippen LogP contribution is -2.39. The smallest absolute Gasteiger partial charge is 0.324 e. The van der Waals surface area contributed by atoms with Gasteiger partial charge < -0.3 is 10.1 Å². The largest absolute Gasteiger partial charge is 0.460 e. The molecule has 0 radical (unpaired) electrons. The molecule has 0 aliphatic rings. The number of ether oxygens (including phenoxy) is 1. The number of sulfonamides is 1. The van der Waals surface area contributed by atoms with Gasteiger partial charge in [-0.15, -0.1) is 0 Å². The molecule has 28 heavy (non-hydrogen) atoms. The summed E-state index contributed by atoms with van der Waals surface area (Å²) in [6.45, 7) is 2.68. The van der Waals surface area contributed by atoms with Crippen molar-refractivity contribution in [2.24, 2.45) is 0 Å². The Labute approximate surface area is 163 Å². The Morgan fingerprint density at radius 2 is 1.71 bits per heavy atom. The molecule has 146 valence electrons. The Bertz CT molecular complexity index is 993. The SMILES string of the molecule is CC(=O)Nc1ccc(S(=O)(=O)NC(C)C(=O)OCc2ccc(C#N)cc2)cc1. The van der Waals surface area contributed by atoms with Crippen LogP contribution in [0.5, 0.6) is 0 Å². The van der Waals surface area contributed by atoms with E-state index in [0.717, 1.165) is 0 Å². The van der Waals surface area contributed by atoms with E-state index in [4.69, 9.17) is 10.00 Å². The molecular weight excluding hydrogens is 382 g/mol. The molecule has 0 aliphatic heterocycles. The minimum Gasteiger partial charge on any atom is -0.460 e. The maximum atomic E-state index is 12.4. The number of anilines is 1. The highest BCUT2D eigenvalue weighted by molar-refractivity contribution is 7.89. The Balaban J connectivity index is 1.95. The monoisotopic (exact) mass is 401 g/mol. The first-order valence-corrected chi connectivity index (χ1v) is 9.75. The Morgan fingerprint density at radius 1 is 1.11 bits per heavy atom. The van der Waals surface area contributed by atoms with Crippen molar-refractivity contribution in [2.75, 3.05) is 5.32 Å². The van der Waals surface area contributed by atoms with Gasteiger partial charge in [0.2, 0.25) is 15.9 Å². The van der Waals surface area contributed by atoms with Gasteiger partial charge in [-0.25, -0.2) is 8.42 Å². The zero-order valence-electron chi connectivity index (χ0n) is 15.3. The molecule has 0 saturated carbocycles. The molecule has 9 heteroatoms. The molecule has 0 bridgehead atoms. The first kappa shape index (κ1) is 21.1. The summed E-state index contributed by atoms with van der Waals surface area (Å²) in [6.07, 6.45) is 0. The second kappa shape index (κ2) is 9.12. The first-order valence-electron chi connectivity index (χ1n) is 8.27. The number of carbonyl (C=O) groups is 2. The normalized spacial score (nSPS) is 11.9. The van der Waals surface area contributed by atoms with Crippen LogP contribution in [0.3, 0.4) is 0 Å². The molecule has 0 heterocycles. The Kier molecular flexibility index (Phi) is 6.87. The van der Waals surface area contributed by atoms with E-state index in [1.54, 1.807) is 24.3 Å². The summed E-state index contributed by atoms with van der Waals surface area (Å²) < 4.78 is 32.1. The average molecular weight is 401 g/mol. The van der Waals surface area contributed by atoms with Crippen LogP contribution >= 0.6 is 0 Å². The summed E-state index contributed by atoms with van der Waals surface area (Å²) in [4.78, 5) is 23.0. The van der Waals surface area contributed by atoms with Crippen LogP contribution in [0.2, 0.25) is 0 Å². The second-order valence-corrected chi connectivity index (χ2v) is 7.68. The van der Waals surface area contributed by atoms with Gasteiger partial charge in [0.15, 0.2) is 0 Å². The number of carbonyl (C=O) groups excluding carboxylic acids is 2. The zero-order valence-corrected chi connectivity index (χ0v) is 16.1. The number of hydrogen-bond donors (Lipinski definition) is 2. The van der Waals surface area contributed by atoms with Crippen LogP contribution in [0.25, 0.3) is 0 Å². The highest BCUT2D eigenvalue weighted by Gasteiger charge is 2.23. The number of esters is 1. The summed E-state index contributed by atoms with van der Waals surface area (Å²) in [5, 5.41) is 11.3. The molecule has 0 fully saturated rings. The molecular formula is C19H19N3O5S. The summed E-state index contributed by atoms with van der Waals surface area (Å²) in [7, 11) is -3.94. The first-order chi connectivity index (χ1) is 13.2. The minimum atomic E-state index is -3.94. The molecule has 0 aromatic heterocycles. The third kappa shape index (κ3) is 5.90. The standard InChI is InChI=1S/C19H19N3O5S/c1-13(19(24)27-12-16-5-3-15(11-20)4-6-16)22-28(25,26)18-9-7-17(8-10-18)21-14(2)23/h3-10,13,22H,12H2,1-2H3,(H,21,23). The average Bonchev–Trinajstić information content (AvgIpc) is 2.66. The predicted molar refractivity (Wildman–Crippen MR) is 101 cm³/mol. The maximum absolute atomic E-state index is 12.4. The third-order valence-corrected chi connectivity index (χ3v) is 5.19. The fraction of sp³-hybridized carbons (Fsp3) is 0.211. The van der Waals surface area contributed by atoms with E-state index in [1.165, 1.54) is 38.1 Å². The molecule has 2 N–H and O–H groups in total. The van der Waals surface area contributed by atoms with Gasteiger partial charge in [0, 0.05) is 12.6 Å². The van der Waals surface area contributed by atoms with Crippen LogP contribution in [0.15, 0.2) is 53.4 Å². The van der Waals surface area contributed by atoms with E-state index >= 15 is 0 Å². The van der Waals surface area contributed by atoms with Crippen LogP contribution < -0.4 is 10.0 Å². The van der Waals surface area contributed by atoms with Crippen molar-refractivity contribution in [2.45, 2.75) is 31.4 Å². The lowest BCUT2D eigenvalue weighted by molar-refractivity contribution is -0.146. The van der Waals surface area contributed by atoms with Crippen molar-refractivity contribution < 1.29 is 22.7 Å². The molecule has 2 aromatic rings. The molecule has 1 atom stereocenters. The van der Waals surface area contributed by atoms with Crippen LogP contribution in [0.4, 0.5) is 5.69 Å². The van der Waals surface area contributed by atoms with Crippen molar-refractivity contribution in [3.8, 4) is 6.07 Å². The number of nitrogens with one attached hydrogen (secondary N) is 2. The zero-order chi connectivity index (χ0) is 20.7. The molecule has 1 amide bonds. The Hall–Kier alpha value is -3.22. The van der Waals surface area contributed by atoms with Gasteiger partial charge in [-0.3, -0.25) is 9.59 Å². The molecule has 0 spiro atoms. The molecule has 8 nitrogen and oxygen atoms in total. The fourth-order valence-corrected chi connectivity index (χ4v) is 3.42. The van der Waals surface area contributed by atoms with Crippen LogP contribution in [-0.2, 0) is 31.0 Å². The lowest BCUT2D eigenvalue weighted by atomic mass is 10.2. The van der Waals surface area contributed by atoms with Gasteiger partial charge in [0.25, 0.3) is 0 Å². The fourth-order valence-electron chi connectivity index (χ4n) is 2.22. The summed E-state index contributed by atoms with van der Waals surface area (Å²) in [5.74, 6) is -1.00. The molecule has 2 aromatic carbocycles. The maximum Gasteiger partial charge on any atom is 0.324 e. The van der Waals surface area contributed by atoms with E-state index in [2.05, 4.69) is 10.0 Å². The van der Waals surface area contributed by atoms with E-state index < -0.39 is 22.0 Å². The second-order valence-electron chi connectivity index (χ2n) is 5.96. The van der Waals surface area contributed by atoms with E-state index in [1.807, 2.05) is 6.07 Å². The number of hydrogen-bond acceptors (Lipinski definition) is 6. The number of nitriles is 1. The molecule has 2 rings (SSSR count). The van der Waals surface area contributed by atoms with Crippen molar-refractivity contribution >= 4 is 27.6 Å². The van der Waals surface area contributed by atoms with Gasteiger partial charge >= 0.3 is 5.97 Å². The molecule has 0 aliphatic carbocycles. The highest BCUT2D eigenvalue weighted by Crippen LogP contribution is 2.15. The number of benzene rings is 2. The quantitative estimate of drug-likeness (QED) is 0.683. The van der Waals surface area contributed by atoms with Crippen LogP contribution in [-0.4, -0.2) is 26.3 Å². The molecule has 0 saturated heterocycles. The van der Waals surface area contributed by atoms with E-state index in [-0.39, 0.29) is 17.4 Å². The van der Waals surface area contributed by atoms with Crippen molar-refractivity contribution in [1.82, 2.24) is 4.72 Å². The predicted octanol–water partition coefficient (Wildman–Crippen LogP) is 1.93. The van der Waals surface area contributed by atoms with Gasteiger partial charge in [-0.2, -0.15) is 9.98 Å². The van der Waals surface area contributed by atoms with Gasteiger partial charge in [-0.1, -0.05) is 12.1 Å². The van der Waals surface area contributed by atoms with Gasteiger partial charge in [0.05, 0.1) is 16.5 Å². The third-order valence-electron chi connectivity index (χ3n) is 3.63. The van der Waals surface area contributed by atoms with E-state index in [9.17, 15) is 18.0 Å². The van der Waals surface area contributed by atoms with Crippen LogP contribution in [0.1, 0.15) is 25.0 Å². The van der Waals surface area contributed by atoms with Crippen molar-refractivity contribution in [3.05, 3.63) is 59.7 Å². The number of amides is 1. The minimum absolute atomic E-state index is 0.0397. The number of rotatable bonds is 7.